The number of carbonyl (C=O) groups excluding carboxylic acids is 1. The maximum absolute atomic E-state index is 12.7. The Morgan fingerprint density at radius 3 is 2.68 bits per heavy atom. The lowest BCUT2D eigenvalue weighted by Gasteiger charge is -2.37. The molecular formula is C20H31N3O2. The first-order valence-corrected chi connectivity index (χ1v) is 9.62. The number of morpholine rings is 1. The maximum Gasteiger partial charge on any atom is 0.317 e. The van der Waals surface area contributed by atoms with Gasteiger partial charge in [-0.1, -0.05) is 29.8 Å². The van der Waals surface area contributed by atoms with Gasteiger partial charge in [0, 0.05) is 38.8 Å². The van der Waals surface area contributed by atoms with Crippen molar-refractivity contribution >= 4 is 6.03 Å². The van der Waals surface area contributed by atoms with E-state index in [9.17, 15) is 4.79 Å². The van der Waals surface area contributed by atoms with Gasteiger partial charge in [0.25, 0.3) is 0 Å². The Kier molecular flexibility index (Phi) is 6.70. The van der Waals surface area contributed by atoms with E-state index in [-0.39, 0.29) is 6.03 Å². The molecule has 5 nitrogen and oxygen atoms in total. The largest absolute Gasteiger partial charge is 0.379 e. The van der Waals surface area contributed by atoms with Crippen LogP contribution in [0.4, 0.5) is 4.79 Å². The van der Waals surface area contributed by atoms with Crippen molar-refractivity contribution in [2.24, 2.45) is 0 Å². The molecule has 0 radical (unpaired) electrons. The highest BCUT2D eigenvalue weighted by molar-refractivity contribution is 5.74. The van der Waals surface area contributed by atoms with Crippen molar-refractivity contribution in [2.45, 2.75) is 45.2 Å². The molecule has 1 atom stereocenters. The molecule has 1 aromatic rings. The summed E-state index contributed by atoms with van der Waals surface area (Å²) in [6.45, 7) is 8.35. The molecule has 138 valence electrons. The summed E-state index contributed by atoms with van der Waals surface area (Å²) in [7, 11) is 0. The number of hydrogen-bond acceptors (Lipinski definition) is 3. The number of hydrogen-bond donors (Lipinski definition) is 1. The third kappa shape index (κ3) is 5.44. The Labute approximate surface area is 151 Å². The summed E-state index contributed by atoms with van der Waals surface area (Å²) < 4.78 is 5.42. The summed E-state index contributed by atoms with van der Waals surface area (Å²) in [6, 6.07) is 8.81. The summed E-state index contributed by atoms with van der Waals surface area (Å²) in [5.41, 5.74) is 2.40. The second kappa shape index (κ2) is 9.20. The number of ether oxygens (including phenoxy) is 1. The fraction of sp³-hybridized carbons (Fsp3) is 0.650. The zero-order valence-electron chi connectivity index (χ0n) is 15.4. The van der Waals surface area contributed by atoms with Crippen LogP contribution in [0, 0.1) is 6.92 Å². The first-order chi connectivity index (χ1) is 12.2. The summed E-state index contributed by atoms with van der Waals surface area (Å²) in [4.78, 5) is 17.2. The molecule has 5 heteroatoms. The van der Waals surface area contributed by atoms with Gasteiger partial charge in [0.1, 0.15) is 0 Å². The molecule has 2 aliphatic heterocycles. The van der Waals surface area contributed by atoms with E-state index >= 15 is 0 Å². The Balaban J connectivity index is 1.48. The van der Waals surface area contributed by atoms with Crippen molar-refractivity contribution < 1.29 is 9.53 Å². The highest BCUT2D eigenvalue weighted by Gasteiger charge is 2.27. The second-order valence-corrected chi connectivity index (χ2v) is 7.23. The molecule has 2 amide bonds. The number of amides is 2. The first-order valence-electron chi connectivity index (χ1n) is 9.62. The number of likely N-dealkylation sites (tertiary alicyclic amines) is 1. The maximum atomic E-state index is 12.7. The Hall–Kier alpha value is -1.59. The molecule has 0 aromatic heterocycles. The molecule has 0 spiro atoms. The molecular weight excluding hydrogens is 314 g/mol. The topological polar surface area (TPSA) is 44.8 Å². The number of aryl methyl sites for hydroxylation is 1. The van der Waals surface area contributed by atoms with Crippen LogP contribution in [-0.2, 0) is 11.3 Å². The van der Waals surface area contributed by atoms with E-state index in [1.54, 1.807) is 0 Å². The van der Waals surface area contributed by atoms with E-state index in [1.165, 1.54) is 12.0 Å². The van der Waals surface area contributed by atoms with Crippen LogP contribution in [0.5, 0.6) is 0 Å². The van der Waals surface area contributed by atoms with Crippen molar-refractivity contribution in [3.63, 3.8) is 0 Å². The predicted octanol–water partition coefficient (Wildman–Crippen LogP) is 2.78. The van der Waals surface area contributed by atoms with Crippen LogP contribution in [0.25, 0.3) is 0 Å². The number of nitrogens with one attached hydrogen (secondary N) is 1. The fourth-order valence-electron chi connectivity index (χ4n) is 3.71. The summed E-state index contributed by atoms with van der Waals surface area (Å²) >= 11 is 0. The minimum Gasteiger partial charge on any atom is -0.379 e. The van der Waals surface area contributed by atoms with Gasteiger partial charge in [-0.05, 0) is 38.2 Å². The lowest BCUT2D eigenvalue weighted by molar-refractivity contribution is 0.0326. The molecule has 0 unspecified atom stereocenters. The van der Waals surface area contributed by atoms with Crippen LogP contribution in [-0.4, -0.2) is 61.3 Å². The molecule has 2 fully saturated rings. The molecule has 3 rings (SSSR count). The van der Waals surface area contributed by atoms with Crippen molar-refractivity contribution in [3.8, 4) is 0 Å². The normalized spacial score (nSPS) is 22.0. The number of piperidine rings is 1. The van der Waals surface area contributed by atoms with E-state index in [0.29, 0.717) is 12.6 Å². The zero-order valence-corrected chi connectivity index (χ0v) is 15.4. The van der Waals surface area contributed by atoms with Crippen LogP contribution in [0.2, 0.25) is 0 Å². The average molecular weight is 345 g/mol. The van der Waals surface area contributed by atoms with Gasteiger partial charge >= 0.3 is 6.03 Å². The molecule has 25 heavy (non-hydrogen) atoms. The van der Waals surface area contributed by atoms with Crippen molar-refractivity contribution in [1.29, 1.82) is 0 Å². The fourth-order valence-corrected chi connectivity index (χ4v) is 3.71. The molecule has 0 saturated carbocycles. The van der Waals surface area contributed by atoms with Gasteiger partial charge < -0.3 is 15.0 Å². The van der Waals surface area contributed by atoms with Gasteiger partial charge in [0.05, 0.1) is 13.2 Å². The van der Waals surface area contributed by atoms with Crippen LogP contribution in [0.1, 0.15) is 36.8 Å². The smallest absolute Gasteiger partial charge is 0.317 e. The average Bonchev–Trinajstić information content (AvgIpc) is 2.67. The minimum absolute atomic E-state index is 0.0900. The molecule has 1 N–H and O–H groups in total. The van der Waals surface area contributed by atoms with Crippen molar-refractivity contribution in [2.75, 3.05) is 39.4 Å². The Bertz CT molecular complexity index is 540. The van der Waals surface area contributed by atoms with E-state index < -0.39 is 0 Å². The lowest BCUT2D eigenvalue weighted by Crippen LogP contribution is -2.50. The summed E-state index contributed by atoms with van der Waals surface area (Å²) in [5, 5.41) is 3.11. The second-order valence-electron chi connectivity index (χ2n) is 7.23. The third-order valence-corrected chi connectivity index (χ3v) is 5.33. The molecule has 2 aliphatic rings. The predicted molar refractivity (Wildman–Crippen MR) is 99.6 cm³/mol. The van der Waals surface area contributed by atoms with E-state index in [2.05, 4.69) is 46.3 Å². The number of carbonyl (C=O) groups is 1. The van der Waals surface area contributed by atoms with Gasteiger partial charge in [-0.2, -0.15) is 0 Å². The number of benzene rings is 1. The van der Waals surface area contributed by atoms with Gasteiger partial charge in [0.15, 0.2) is 0 Å². The molecule has 2 saturated heterocycles. The number of rotatable bonds is 5. The van der Waals surface area contributed by atoms with Crippen molar-refractivity contribution in [3.05, 3.63) is 35.4 Å². The zero-order chi connectivity index (χ0) is 17.5. The lowest BCUT2D eigenvalue weighted by atomic mass is 9.99. The summed E-state index contributed by atoms with van der Waals surface area (Å²) in [6.07, 6.45) is 4.54. The standard InChI is InChI=1S/C20H31N3O2/c1-17-5-7-18(8-6-17)16-21-20(24)23-10-3-2-4-19(23)9-11-22-12-14-25-15-13-22/h5-8,19H,2-4,9-16H2,1H3,(H,21,24)/t19-/m1/s1. The number of nitrogens with zero attached hydrogens (tertiary/aromatic N) is 2. The van der Waals surface area contributed by atoms with E-state index in [4.69, 9.17) is 4.74 Å². The molecule has 1 aromatic carbocycles. The monoisotopic (exact) mass is 345 g/mol. The van der Waals surface area contributed by atoms with Crippen LogP contribution >= 0.6 is 0 Å². The van der Waals surface area contributed by atoms with Gasteiger partial charge in [-0.15, -0.1) is 0 Å². The molecule has 2 heterocycles. The highest BCUT2D eigenvalue weighted by atomic mass is 16.5. The van der Waals surface area contributed by atoms with Gasteiger partial charge in [-0.3, -0.25) is 4.90 Å². The van der Waals surface area contributed by atoms with Gasteiger partial charge in [-0.25, -0.2) is 4.79 Å². The molecule has 0 aliphatic carbocycles. The quantitative estimate of drug-likeness (QED) is 0.892. The minimum atomic E-state index is 0.0900. The van der Waals surface area contributed by atoms with Gasteiger partial charge in [0.2, 0.25) is 0 Å². The highest BCUT2D eigenvalue weighted by Crippen LogP contribution is 2.20. The van der Waals surface area contributed by atoms with Crippen molar-refractivity contribution in [1.82, 2.24) is 15.1 Å². The van der Waals surface area contributed by atoms with Crippen LogP contribution in [0.3, 0.4) is 0 Å². The third-order valence-electron chi connectivity index (χ3n) is 5.33. The Morgan fingerprint density at radius 2 is 1.92 bits per heavy atom. The summed E-state index contributed by atoms with van der Waals surface area (Å²) in [5.74, 6) is 0. The Morgan fingerprint density at radius 1 is 1.16 bits per heavy atom. The molecule has 0 bridgehead atoms. The van der Waals surface area contributed by atoms with E-state index in [1.807, 2.05) is 0 Å². The van der Waals surface area contributed by atoms with E-state index in [0.717, 1.165) is 64.2 Å². The van der Waals surface area contributed by atoms with Crippen LogP contribution < -0.4 is 5.32 Å². The number of urea groups is 1. The SMILES string of the molecule is Cc1ccc(CNC(=O)N2CCCC[C@@H]2CCN2CCOCC2)cc1. The van der Waals surface area contributed by atoms with Crippen LogP contribution in [0.15, 0.2) is 24.3 Å². The first kappa shape index (κ1) is 18.2.